The van der Waals surface area contributed by atoms with Crippen LogP contribution in [0.3, 0.4) is 0 Å². The van der Waals surface area contributed by atoms with Crippen molar-refractivity contribution in [2.45, 2.75) is 31.8 Å². The SMILES string of the molecule is CN(C)CCCCC(C)(O)CN. The Morgan fingerprint density at radius 1 is 1.33 bits per heavy atom. The number of hydrogen-bond donors (Lipinski definition) is 2. The summed E-state index contributed by atoms with van der Waals surface area (Å²) in [5.41, 5.74) is 4.73. The zero-order valence-corrected chi connectivity index (χ0v) is 8.51. The minimum atomic E-state index is -0.660. The maximum atomic E-state index is 9.55. The monoisotopic (exact) mass is 174 g/mol. The molecule has 0 fully saturated rings. The van der Waals surface area contributed by atoms with Crippen LogP contribution in [-0.2, 0) is 0 Å². The normalized spacial score (nSPS) is 16.5. The number of aliphatic hydroxyl groups is 1. The van der Waals surface area contributed by atoms with Crippen LogP contribution in [0.5, 0.6) is 0 Å². The molecule has 0 saturated heterocycles. The van der Waals surface area contributed by atoms with Crippen LogP contribution in [0.4, 0.5) is 0 Å². The molecule has 0 radical (unpaired) electrons. The third-order valence-corrected chi connectivity index (χ3v) is 2.01. The average Bonchev–Trinajstić information content (AvgIpc) is 1.98. The summed E-state index contributed by atoms with van der Waals surface area (Å²) < 4.78 is 0. The van der Waals surface area contributed by atoms with Gasteiger partial charge in [0, 0.05) is 6.54 Å². The van der Waals surface area contributed by atoms with Gasteiger partial charge >= 0.3 is 0 Å². The molecule has 0 aliphatic rings. The second kappa shape index (κ2) is 5.51. The zero-order chi connectivity index (χ0) is 9.61. The summed E-state index contributed by atoms with van der Waals surface area (Å²) in [4.78, 5) is 2.15. The van der Waals surface area contributed by atoms with E-state index in [1.54, 1.807) is 6.92 Å². The molecule has 3 N–H and O–H groups in total. The Kier molecular flexibility index (Phi) is 5.46. The van der Waals surface area contributed by atoms with Crippen molar-refractivity contribution in [2.24, 2.45) is 5.73 Å². The summed E-state index contributed by atoms with van der Waals surface area (Å²) in [6.45, 7) is 3.23. The first-order valence-corrected chi connectivity index (χ1v) is 4.55. The van der Waals surface area contributed by atoms with E-state index in [4.69, 9.17) is 5.73 Å². The van der Waals surface area contributed by atoms with E-state index in [2.05, 4.69) is 19.0 Å². The standard InChI is InChI=1S/C9H22N2O/c1-9(12,8-10)6-4-5-7-11(2)3/h12H,4-8,10H2,1-3H3. The molecular formula is C9H22N2O. The zero-order valence-electron chi connectivity index (χ0n) is 8.51. The molecule has 0 aromatic carbocycles. The fraction of sp³-hybridized carbons (Fsp3) is 1.00. The van der Waals surface area contributed by atoms with Gasteiger partial charge in [0.15, 0.2) is 0 Å². The Labute approximate surface area is 75.6 Å². The lowest BCUT2D eigenvalue weighted by Crippen LogP contribution is -2.34. The fourth-order valence-electron chi connectivity index (χ4n) is 1.04. The lowest BCUT2D eigenvalue weighted by Gasteiger charge is -2.21. The van der Waals surface area contributed by atoms with Gasteiger partial charge in [-0.1, -0.05) is 0 Å². The van der Waals surface area contributed by atoms with Gasteiger partial charge in [0.25, 0.3) is 0 Å². The van der Waals surface area contributed by atoms with E-state index >= 15 is 0 Å². The van der Waals surface area contributed by atoms with Crippen LogP contribution in [0.1, 0.15) is 26.2 Å². The van der Waals surface area contributed by atoms with Crippen LogP contribution in [0.2, 0.25) is 0 Å². The highest BCUT2D eigenvalue weighted by Crippen LogP contribution is 2.11. The van der Waals surface area contributed by atoms with Gasteiger partial charge in [-0.15, -0.1) is 0 Å². The van der Waals surface area contributed by atoms with E-state index < -0.39 is 5.60 Å². The summed E-state index contributed by atoms with van der Waals surface area (Å²) in [6.07, 6.45) is 2.98. The Bertz CT molecular complexity index is 113. The predicted molar refractivity (Wildman–Crippen MR) is 52.1 cm³/mol. The molecule has 74 valence electrons. The van der Waals surface area contributed by atoms with Crippen molar-refractivity contribution in [3.63, 3.8) is 0 Å². The molecule has 0 bridgehead atoms. The van der Waals surface area contributed by atoms with Gasteiger partial charge in [-0.3, -0.25) is 0 Å². The third-order valence-electron chi connectivity index (χ3n) is 2.01. The minimum Gasteiger partial charge on any atom is -0.389 e. The van der Waals surface area contributed by atoms with Gasteiger partial charge in [0.05, 0.1) is 5.60 Å². The quantitative estimate of drug-likeness (QED) is 0.574. The lowest BCUT2D eigenvalue weighted by molar-refractivity contribution is 0.0568. The molecule has 0 aromatic rings. The molecule has 0 amide bonds. The van der Waals surface area contributed by atoms with Crippen molar-refractivity contribution >= 4 is 0 Å². The topological polar surface area (TPSA) is 49.5 Å². The second-order valence-corrected chi connectivity index (χ2v) is 3.96. The van der Waals surface area contributed by atoms with Gasteiger partial charge in [-0.2, -0.15) is 0 Å². The molecule has 12 heavy (non-hydrogen) atoms. The first kappa shape index (κ1) is 11.9. The summed E-state index contributed by atoms with van der Waals surface area (Å²) in [5.74, 6) is 0. The van der Waals surface area contributed by atoms with Crippen LogP contribution in [-0.4, -0.2) is 42.8 Å². The number of nitrogens with zero attached hydrogens (tertiary/aromatic N) is 1. The summed E-state index contributed by atoms with van der Waals surface area (Å²) in [5, 5.41) is 9.55. The Morgan fingerprint density at radius 2 is 1.92 bits per heavy atom. The highest BCUT2D eigenvalue weighted by atomic mass is 16.3. The molecule has 1 unspecified atom stereocenters. The van der Waals surface area contributed by atoms with Gasteiger partial charge in [-0.25, -0.2) is 0 Å². The molecule has 3 heteroatoms. The van der Waals surface area contributed by atoms with Gasteiger partial charge in [0.1, 0.15) is 0 Å². The highest BCUT2D eigenvalue weighted by Gasteiger charge is 2.16. The van der Waals surface area contributed by atoms with Crippen LogP contribution >= 0.6 is 0 Å². The largest absolute Gasteiger partial charge is 0.389 e. The number of unbranched alkanes of at least 4 members (excludes halogenated alkanes) is 1. The first-order chi connectivity index (χ1) is 5.48. The smallest absolute Gasteiger partial charge is 0.0741 e. The molecular weight excluding hydrogens is 152 g/mol. The van der Waals surface area contributed by atoms with Crippen LogP contribution in [0.15, 0.2) is 0 Å². The third kappa shape index (κ3) is 6.58. The Morgan fingerprint density at radius 3 is 2.33 bits per heavy atom. The first-order valence-electron chi connectivity index (χ1n) is 4.55. The van der Waals surface area contributed by atoms with Crippen LogP contribution < -0.4 is 5.73 Å². The van der Waals surface area contributed by atoms with Crippen molar-refractivity contribution in [3.8, 4) is 0 Å². The second-order valence-electron chi connectivity index (χ2n) is 3.96. The Balaban J connectivity index is 3.31. The number of hydrogen-bond acceptors (Lipinski definition) is 3. The molecule has 3 nitrogen and oxygen atoms in total. The summed E-state index contributed by atoms with van der Waals surface area (Å²) in [6, 6.07) is 0. The maximum absolute atomic E-state index is 9.55. The molecule has 0 rings (SSSR count). The van der Waals surface area contributed by atoms with E-state index in [9.17, 15) is 5.11 Å². The van der Waals surface area contributed by atoms with Gasteiger partial charge in [-0.05, 0) is 46.8 Å². The van der Waals surface area contributed by atoms with Crippen LogP contribution in [0, 0.1) is 0 Å². The lowest BCUT2D eigenvalue weighted by atomic mass is 9.99. The molecule has 0 aliphatic heterocycles. The minimum absolute atomic E-state index is 0.356. The maximum Gasteiger partial charge on any atom is 0.0741 e. The summed E-state index contributed by atoms with van der Waals surface area (Å²) >= 11 is 0. The fourth-order valence-corrected chi connectivity index (χ4v) is 1.04. The molecule has 0 heterocycles. The number of nitrogens with two attached hydrogens (primary N) is 1. The Hall–Kier alpha value is -0.120. The van der Waals surface area contributed by atoms with Crippen molar-refractivity contribution in [1.82, 2.24) is 4.90 Å². The van der Waals surface area contributed by atoms with Gasteiger partial charge in [0.2, 0.25) is 0 Å². The van der Waals surface area contributed by atoms with Crippen molar-refractivity contribution in [2.75, 3.05) is 27.2 Å². The van der Waals surface area contributed by atoms with E-state index in [1.165, 1.54) is 0 Å². The molecule has 0 aliphatic carbocycles. The molecule has 0 saturated carbocycles. The summed E-state index contributed by atoms with van der Waals surface area (Å²) in [7, 11) is 4.11. The van der Waals surface area contributed by atoms with E-state index in [0.717, 1.165) is 25.8 Å². The molecule has 1 atom stereocenters. The number of rotatable bonds is 6. The van der Waals surface area contributed by atoms with Crippen molar-refractivity contribution in [3.05, 3.63) is 0 Å². The van der Waals surface area contributed by atoms with E-state index in [0.29, 0.717) is 6.54 Å². The van der Waals surface area contributed by atoms with Crippen LogP contribution in [0.25, 0.3) is 0 Å². The van der Waals surface area contributed by atoms with E-state index in [-0.39, 0.29) is 0 Å². The van der Waals surface area contributed by atoms with E-state index in [1.807, 2.05) is 0 Å². The molecule has 0 aromatic heterocycles. The van der Waals surface area contributed by atoms with Crippen molar-refractivity contribution in [1.29, 1.82) is 0 Å². The average molecular weight is 174 g/mol. The molecule has 0 spiro atoms. The highest BCUT2D eigenvalue weighted by molar-refractivity contribution is 4.72. The predicted octanol–water partition coefficient (Wildman–Crippen LogP) is 0.428. The van der Waals surface area contributed by atoms with Gasteiger partial charge < -0.3 is 15.7 Å². The van der Waals surface area contributed by atoms with Crippen molar-refractivity contribution < 1.29 is 5.11 Å².